The van der Waals surface area contributed by atoms with Crippen LogP contribution in [0, 0.1) is 0 Å². The zero-order chi connectivity index (χ0) is 14.7. The molecule has 2 aromatic rings. The van der Waals surface area contributed by atoms with E-state index in [-0.39, 0.29) is 6.04 Å². The Morgan fingerprint density at radius 1 is 1.33 bits per heavy atom. The molecule has 1 fully saturated rings. The fourth-order valence-electron chi connectivity index (χ4n) is 2.34. The van der Waals surface area contributed by atoms with Crippen LogP contribution in [0.2, 0.25) is 0 Å². The van der Waals surface area contributed by atoms with Crippen LogP contribution in [0.4, 0.5) is 11.9 Å². The third-order valence-corrected chi connectivity index (χ3v) is 3.50. The van der Waals surface area contributed by atoms with Gasteiger partial charge in [-0.15, -0.1) is 0 Å². The summed E-state index contributed by atoms with van der Waals surface area (Å²) in [6.45, 7) is 4.31. The summed E-state index contributed by atoms with van der Waals surface area (Å²) in [5.41, 5.74) is 0. The minimum Gasteiger partial charge on any atom is -0.377 e. The van der Waals surface area contributed by atoms with Gasteiger partial charge in [-0.2, -0.15) is 20.1 Å². The molecule has 112 valence electrons. The second-order valence-corrected chi connectivity index (χ2v) is 4.79. The normalized spacial score (nSPS) is 18.8. The van der Waals surface area contributed by atoms with Gasteiger partial charge in [0, 0.05) is 26.0 Å². The van der Waals surface area contributed by atoms with Crippen molar-refractivity contribution in [3.63, 3.8) is 0 Å². The smallest absolute Gasteiger partial charge is 0.257 e. The number of hydrogen-bond donors (Lipinski definition) is 1. The topological polar surface area (TPSA) is 81.0 Å². The van der Waals surface area contributed by atoms with Crippen LogP contribution in [0.5, 0.6) is 0 Å². The van der Waals surface area contributed by atoms with Gasteiger partial charge in [0.1, 0.15) is 0 Å². The van der Waals surface area contributed by atoms with E-state index in [0.29, 0.717) is 31.1 Å². The van der Waals surface area contributed by atoms with Crippen LogP contribution >= 0.6 is 0 Å². The van der Waals surface area contributed by atoms with Crippen molar-refractivity contribution in [3.8, 4) is 5.95 Å². The molecule has 0 aromatic carbocycles. The lowest BCUT2D eigenvalue weighted by Crippen LogP contribution is -2.46. The Morgan fingerprint density at radius 3 is 2.90 bits per heavy atom. The Bertz CT molecular complexity index is 586. The van der Waals surface area contributed by atoms with Crippen molar-refractivity contribution >= 4 is 11.9 Å². The third kappa shape index (κ3) is 2.80. The monoisotopic (exact) mass is 289 g/mol. The molecule has 1 saturated heterocycles. The van der Waals surface area contributed by atoms with Crippen LogP contribution in [0.15, 0.2) is 18.5 Å². The first kappa shape index (κ1) is 13.7. The van der Waals surface area contributed by atoms with Crippen LogP contribution in [0.25, 0.3) is 5.95 Å². The second-order valence-electron chi connectivity index (χ2n) is 4.79. The van der Waals surface area contributed by atoms with Crippen LogP contribution in [-0.4, -0.2) is 57.6 Å². The molecular formula is C13H19N7O. The van der Waals surface area contributed by atoms with Gasteiger partial charge in [-0.3, -0.25) is 0 Å². The van der Waals surface area contributed by atoms with Gasteiger partial charge in [0.2, 0.25) is 11.9 Å². The molecule has 0 saturated carbocycles. The highest BCUT2D eigenvalue weighted by atomic mass is 16.5. The van der Waals surface area contributed by atoms with Crippen molar-refractivity contribution in [3.05, 3.63) is 18.5 Å². The van der Waals surface area contributed by atoms with E-state index < -0.39 is 0 Å². The summed E-state index contributed by atoms with van der Waals surface area (Å²) < 4.78 is 7.17. The first-order valence-corrected chi connectivity index (χ1v) is 7.10. The fourth-order valence-corrected chi connectivity index (χ4v) is 2.34. The number of aromatic nitrogens is 5. The number of nitrogens with one attached hydrogen (secondary N) is 1. The minimum atomic E-state index is 0.288. The molecule has 1 aliphatic rings. The molecule has 0 aliphatic carbocycles. The van der Waals surface area contributed by atoms with E-state index in [1.807, 2.05) is 12.3 Å². The minimum absolute atomic E-state index is 0.288. The van der Waals surface area contributed by atoms with Gasteiger partial charge < -0.3 is 15.0 Å². The van der Waals surface area contributed by atoms with Crippen molar-refractivity contribution in [2.75, 3.05) is 37.0 Å². The van der Waals surface area contributed by atoms with E-state index >= 15 is 0 Å². The molecule has 2 aromatic heterocycles. The van der Waals surface area contributed by atoms with Gasteiger partial charge in [0.05, 0.1) is 19.3 Å². The second kappa shape index (κ2) is 6.04. The Labute approximate surface area is 123 Å². The Morgan fingerprint density at radius 2 is 2.19 bits per heavy atom. The predicted octanol–water partition coefficient (Wildman–Crippen LogP) is 0.714. The van der Waals surface area contributed by atoms with E-state index in [1.165, 1.54) is 0 Å². The number of hydrogen-bond acceptors (Lipinski definition) is 7. The van der Waals surface area contributed by atoms with Gasteiger partial charge in [-0.1, -0.05) is 6.92 Å². The number of morpholine rings is 1. The largest absolute Gasteiger partial charge is 0.377 e. The molecule has 1 aliphatic heterocycles. The van der Waals surface area contributed by atoms with E-state index in [9.17, 15) is 0 Å². The fraction of sp³-hybridized carbons (Fsp3) is 0.538. The highest BCUT2D eigenvalue weighted by Gasteiger charge is 2.25. The molecule has 0 spiro atoms. The van der Waals surface area contributed by atoms with Gasteiger partial charge in [-0.25, -0.2) is 4.68 Å². The molecule has 8 heteroatoms. The molecular weight excluding hydrogens is 270 g/mol. The molecule has 0 bridgehead atoms. The summed E-state index contributed by atoms with van der Waals surface area (Å²) in [6.07, 6.45) is 4.50. The van der Waals surface area contributed by atoms with Gasteiger partial charge >= 0.3 is 0 Å². The molecule has 3 rings (SSSR count). The highest BCUT2D eigenvalue weighted by molar-refractivity contribution is 5.41. The molecule has 1 unspecified atom stereocenters. The summed E-state index contributed by atoms with van der Waals surface area (Å²) in [5, 5.41) is 7.16. The number of nitrogens with zero attached hydrogens (tertiary/aromatic N) is 6. The predicted molar refractivity (Wildman–Crippen MR) is 78.7 cm³/mol. The third-order valence-electron chi connectivity index (χ3n) is 3.50. The number of rotatable bonds is 4. The highest BCUT2D eigenvalue weighted by Crippen LogP contribution is 2.19. The Hall–Kier alpha value is -2.22. The zero-order valence-corrected chi connectivity index (χ0v) is 12.2. The van der Waals surface area contributed by atoms with Crippen molar-refractivity contribution in [1.29, 1.82) is 0 Å². The van der Waals surface area contributed by atoms with E-state index in [1.54, 1.807) is 17.9 Å². The first-order valence-electron chi connectivity index (χ1n) is 7.10. The molecule has 8 nitrogen and oxygen atoms in total. The average molecular weight is 289 g/mol. The summed E-state index contributed by atoms with van der Waals surface area (Å²) in [7, 11) is 1.79. The quantitative estimate of drug-likeness (QED) is 0.888. The maximum atomic E-state index is 5.54. The average Bonchev–Trinajstić information content (AvgIpc) is 3.09. The Balaban J connectivity index is 1.99. The summed E-state index contributed by atoms with van der Waals surface area (Å²) in [4.78, 5) is 15.6. The van der Waals surface area contributed by atoms with E-state index in [4.69, 9.17) is 4.74 Å². The zero-order valence-electron chi connectivity index (χ0n) is 12.2. The maximum absolute atomic E-state index is 5.54. The van der Waals surface area contributed by atoms with Gasteiger partial charge in [0.25, 0.3) is 5.95 Å². The lowest BCUT2D eigenvalue weighted by atomic mass is 10.2. The Kier molecular flexibility index (Phi) is 3.96. The molecule has 1 atom stereocenters. The maximum Gasteiger partial charge on any atom is 0.257 e. The van der Waals surface area contributed by atoms with Crippen LogP contribution in [0.1, 0.15) is 13.3 Å². The molecule has 1 N–H and O–H groups in total. The number of ether oxygens (including phenoxy) is 1. The van der Waals surface area contributed by atoms with Gasteiger partial charge in [-0.05, 0) is 12.5 Å². The SMILES string of the molecule is CCC1COCCN1c1nc(NC)nc(-n2cccn2)n1. The molecule has 3 heterocycles. The molecule has 21 heavy (non-hydrogen) atoms. The lowest BCUT2D eigenvalue weighted by Gasteiger charge is -2.35. The summed E-state index contributed by atoms with van der Waals surface area (Å²) in [5.74, 6) is 1.71. The standard InChI is InChI=1S/C13H19N7O/c1-3-10-9-21-8-7-19(10)12-16-11(14-2)17-13(18-12)20-6-4-5-15-20/h4-6,10H,3,7-9H2,1-2H3,(H,14,16,17,18). The van der Waals surface area contributed by atoms with Crippen LogP contribution in [0.3, 0.4) is 0 Å². The van der Waals surface area contributed by atoms with Crippen LogP contribution < -0.4 is 10.2 Å². The first-order chi connectivity index (χ1) is 10.3. The lowest BCUT2D eigenvalue weighted by molar-refractivity contribution is 0.0921. The van der Waals surface area contributed by atoms with Crippen molar-refractivity contribution in [2.24, 2.45) is 0 Å². The van der Waals surface area contributed by atoms with E-state index in [0.717, 1.165) is 13.0 Å². The van der Waals surface area contributed by atoms with Crippen molar-refractivity contribution in [2.45, 2.75) is 19.4 Å². The summed E-state index contributed by atoms with van der Waals surface area (Å²) >= 11 is 0. The molecule has 0 amide bonds. The van der Waals surface area contributed by atoms with Crippen molar-refractivity contribution < 1.29 is 4.74 Å². The molecule has 0 radical (unpaired) electrons. The van der Waals surface area contributed by atoms with Crippen LogP contribution in [-0.2, 0) is 4.74 Å². The van der Waals surface area contributed by atoms with Crippen molar-refractivity contribution in [1.82, 2.24) is 24.7 Å². The van der Waals surface area contributed by atoms with E-state index in [2.05, 4.69) is 37.2 Å². The van der Waals surface area contributed by atoms with Gasteiger partial charge in [0.15, 0.2) is 0 Å². The summed E-state index contributed by atoms with van der Waals surface area (Å²) in [6, 6.07) is 2.13. The number of anilines is 2.